The Bertz CT molecular complexity index is 799. The third-order valence-corrected chi connectivity index (χ3v) is 3.71. The number of amides is 1. The van der Waals surface area contributed by atoms with Gasteiger partial charge in [-0.15, -0.1) is 0 Å². The molecule has 0 aliphatic rings. The molecule has 24 heavy (non-hydrogen) atoms. The first-order valence-corrected chi connectivity index (χ1v) is 7.67. The van der Waals surface area contributed by atoms with E-state index in [1.54, 1.807) is 26.8 Å². The predicted molar refractivity (Wildman–Crippen MR) is 92.0 cm³/mol. The minimum absolute atomic E-state index is 0.119. The highest BCUT2D eigenvalue weighted by Gasteiger charge is 2.18. The molecule has 0 fully saturated rings. The number of phenolic OH excluding ortho intramolecular Hbond substituents is 1. The Balaban J connectivity index is 2.16. The van der Waals surface area contributed by atoms with E-state index in [0.717, 1.165) is 10.8 Å². The van der Waals surface area contributed by atoms with Crippen molar-refractivity contribution in [2.24, 2.45) is 11.0 Å². The van der Waals surface area contributed by atoms with Crippen molar-refractivity contribution in [2.45, 2.75) is 20.8 Å². The number of hydrazone groups is 1. The molecule has 2 rings (SSSR count). The van der Waals surface area contributed by atoms with Gasteiger partial charge in [0.1, 0.15) is 5.75 Å². The highest BCUT2D eigenvalue weighted by Crippen LogP contribution is 2.24. The molecule has 0 saturated heterocycles. The summed E-state index contributed by atoms with van der Waals surface area (Å²) in [4.78, 5) is 23.9. The van der Waals surface area contributed by atoms with E-state index in [9.17, 15) is 14.7 Å². The van der Waals surface area contributed by atoms with Crippen molar-refractivity contribution in [3.63, 3.8) is 0 Å². The normalized spacial score (nSPS) is 12.7. The maximum absolute atomic E-state index is 12.2. The lowest BCUT2D eigenvalue weighted by molar-refractivity contribution is -0.145. The van der Waals surface area contributed by atoms with Crippen molar-refractivity contribution in [3.8, 4) is 5.75 Å². The quantitative estimate of drug-likeness (QED) is 0.502. The average Bonchev–Trinajstić information content (AvgIpc) is 2.58. The lowest BCUT2D eigenvalue weighted by Gasteiger charge is -2.10. The fourth-order valence-corrected chi connectivity index (χ4v) is 2.14. The summed E-state index contributed by atoms with van der Waals surface area (Å²) < 4.78 is 4.91. The maximum Gasteiger partial charge on any atom is 0.314 e. The minimum Gasteiger partial charge on any atom is -0.507 e. The second-order valence-corrected chi connectivity index (χ2v) is 5.38. The Kier molecular flexibility index (Phi) is 5.52. The van der Waals surface area contributed by atoms with Crippen LogP contribution >= 0.6 is 0 Å². The first kappa shape index (κ1) is 17.5. The van der Waals surface area contributed by atoms with Crippen LogP contribution in [0.2, 0.25) is 0 Å². The van der Waals surface area contributed by atoms with Gasteiger partial charge < -0.3 is 9.84 Å². The predicted octanol–water partition coefficient (Wildman–Crippen LogP) is 2.85. The van der Waals surface area contributed by atoms with Crippen LogP contribution in [0.5, 0.6) is 5.75 Å². The van der Waals surface area contributed by atoms with Crippen molar-refractivity contribution < 1.29 is 19.4 Å². The van der Waals surface area contributed by atoms with Crippen LogP contribution in [0.15, 0.2) is 41.5 Å². The van der Waals surface area contributed by atoms with Gasteiger partial charge in [-0.1, -0.05) is 24.3 Å². The van der Waals surface area contributed by atoms with Crippen molar-refractivity contribution in [3.05, 3.63) is 42.0 Å². The van der Waals surface area contributed by atoms with E-state index in [-0.39, 0.29) is 17.9 Å². The molecular weight excluding hydrogens is 308 g/mol. The lowest BCUT2D eigenvalue weighted by atomic mass is 10.1. The first-order valence-electron chi connectivity index (χ1n) is 7.67. The lowest BCUT2D eigenvalue weighted by Crippen LogP contribution is -2.26. The van der Waals surface area contributed by atoms with Gasteiger partial charge in [0, 0.05) is 5.71 Å². The molecule has 0 aliphatic carbocycles. The smallest absolute Gasteiger partial charge is 0.314 e. The minimum atomic E-state index is -0.560. The molecule has 1 atom stereocenters. The Morgan fingerprint density at radius 3 is 2.50 bits per heavy atom. The van der Waals surface area contributed by atoms with E-state index < -0.39 is 17.8 Å². The Hall–Kier alpha value is -2.89. The van der Waals surface area contributed by atoms with Crippen LogP contribution < -0.4 is 5.43 Å². The number of nitrogens with one attached hydrogen (secondary N) is 1. The summed E-state index contributed by atoms with van der Waals surface area (Å²) in [6.45, 7) is 5.29. The number of benzene rings is 2. The van der Waals surface area contributed by atoms with Crippen LogP contribution in [0.4, 0.5) is 0 Å². The fraction of sp³-hybridized carbons (Fsp3) is 0.278. The number of ether oxygens (including phenoxy) is 1. The van der Waals surface area contributed by atoms with Gasteiger partial charge in [0.05, 0.1) is 18.1 Å². The van der Waals surface area contributed by atoms with E-state index in [0.29, 0.717) is 5.71 Å². The van der Waals surface area contributed by atoms with Gasteiger partial charge in [-0.3, -0.25) is 9.59 Å². The molecule has 0 heterocycles. The summed E-state index contributed by atoms with van der Waals surface area (Å²) in [5.74, 6) is -1.64. The van der Waals surface area contributed by atoms with E-state index in [4.69, 9.17) is 4.74 Å². The number of aromatic hydroxyl groups is 1. The molecule has 0 aromatic heterocycles. The van der Waals surface area contributed by atoms with E-state index in [1.165, 1.54) is 6.07 Å². The molecular formula is C18H20N2O4. The summed E-state index contributed by atoms with van der Waals surface area (Å²) in [6, 6.07) is 10.5. The van der Waals surface area contributed by atoms with Gasteiger partial charge in [-0.25, -0.2) is 5.43 Å². The van der Waals surface area contributed by atoms with Gasteiger partial charge in [-0.2, -0.15) is 5.10 Å². The molecule has 6 heteroatoms. The number of rotatable bonds is 5. The highest BCUT2D eigenvalue weighted by atomic mass is 16.5. The zero-order valence-electron chi connectivity index (χ0n) is 13.9. The largest absolute Gasteiger partial charge is 0.507 e. The van der Waals surface area contributed by atoms with Crippen LogP contribution in [-0.4, -0.2) is 29.3 Å². The van der Waals surface area contributed by atoms with Crippen molar-refractivity contribution in [1.29, 1.82) is 0 Å². The molecule has 0 aliphatic heterocycles. The number of hydrogen-bond acceptors (Lipinski definition) is 5. The number of nitrogens with zero attached hydrogens (tertiary/aromatic N) is 1. The number of fused-ring (bicyclic) bond motifs is 1. The highest BCUT2D eigenvalue weighted by molar-refractivity contribution is 6.04. The molecule has 2 aromatic carbocycles. The van der Waals surface area contributed by atoms with Crippen molar-refractivity contribution in [2.75, 3.05) is 6.61 Å². The Morgan fingerprint density at radius 1 is 1.25 bits per heavy atom. The van der Waals surface area contributed by atoms with Gasteiger partial charge in [0.15, 0.2) is 0 Å². The molecule has 0 radical (unpaired) electrons. The standard InChI is InChI=1S/C18H20N2O4/c1-4-24-18(23)11(2)12(3)19-20-17(22)15-9-13-7-5-6-8-14(13)10-16(15)21/h5-11,21H,4H2,1-3H3,(H,20,22)/b19-12+/t11-/m1/s1. The molecule has 0 spiro atoms. The molecule has 126 valence electrons. The van der Waals surface area contributed by atoms with Gasteiger partial charge in [0.25, 0.3) is 5.91 Å². The SMILES string of the molecule is CCOC(=O)[C@H](C)/C(C)=N/NC(=O)c1cc2ccccc2cc1O. The van der Waals surface area contributed by atoms with Crippen molar-refractivity contribution >= 4 is 28.4 Å². The average molecular weight is 328 g/mol. The molecule has 1 amide bonds. The van der Waals surface area contributed by atoms with E-state index in [1.807, 2.05) is 24.3 Å². The van der Waals surface area contributed by atoms with Gasteiger partial charge in [-0.05, 0) is 43.7 Å². The molecule has 6 nitrogen and oxygen atoms in total. The summed E-state index contributed by atoms with van der Waals surface area (Å²) >= 11 is 0. The van der Waals surface area contributed by atoms with E-state index in [2.05, 4.69) is 10.5 Å². The van der Waals surface area contributed by atoms with E-state index >= 15 is 0 Å². The number of phenols is 1. The second kappa shape index (κ2) is 7.59. The molecule has 2 N–H and O–H groups in total. The second-order valence-electron chi connectivity index (χ2n) is 5.38. The fourth-order valence-electron chi connectivity index (χ4n) is 2.14. The first-order chi connectivity index (χ1) is 11.4. The zero-order chi connectivity index (χ0) is 17.7. The van der Waals surface area contributed by atoms with Crippen LogP contribution in [0.3, 0.4) is 0 Å². The topological polar surface area (TPSA) is 88.0 Å². The van der Waals surface area contributed by atoms with Crippen LogP contribution in [0.25, 0.3) is 10.8 Å². The molecule has 2 aromatic rings. The number of hydrogen-bond donors (Lipinski definition) is 2. The van der Waals surface area contributed by atoms with Crippen molar-refractivity contribution in [1.82, 2.24) is 5.43 Å². The summed E-state index contributed by atoms with van der Waals surface area (Å²) in [5.41, 5.74) is 2.90. The van der Waals surface area contributed by atoms with Crippen LogP contribution in [-0.2, 0) is 9.53 Å². The third-order valence-electron chi connectivity index (χ3n) is 3.71. The van der Waals surface area contributed by atoms with Crippen LogP contribution in [0.1, 0.15) is 31.1 Å². The Labute approximate surface area is 140 Å². The summed E-state index contributed by atoms with van der Waals surface area (Å²) in [6.07, 6.45) is 0. The number of carbonyl (C=O) groups is 2. The van der Waals surface area contributed by atoms with Gasteiger partial charge in [0.2, 0.25) is 0 Å². The number of esters is 1. The maximum atomic E-state index is 12.2. The monoisotopic (exact) mass is 328 g/mol. The summed E-state index contributed by atoms with van der Waals surface area (Å²) in [5, 5.41) is 15.6. The third kappa shape index (κ3) is 3.90. The molecule has 0 saturated carbocycles. The molecule has 0 unspecified atom stereocenters. The molecule has 0 bridgehead atoms. The zero-order valence-corrected chi connectivity index (χ0v) is 13.9. The number of carbonyl (C=O) groups excluding carboxylic acids is 2. The van der Waals surface area contributed by atoms with Crippen LogP contribution in [0, 0.1) is 5.92 Å². The summed E-state index contributed by atoms with van der Waals surface area (Å²) in [7, 11) is 0. The Morgan fingerprint density at radius 2 is 1.88 bits per heavy atom. The van der Waals surface area contributed by atoms with Gasteiger partial charge >= 0.3 is 5.97 Å².